The lowest BCUT2D eigenvalue weighted by Crippen LogP contribution is -2.25. The van der Waals surface area contributed by atoms with Crippen LogP contribution in [-0.2, 0) is 7.05 Å². The van der Waals surface area contributed by atoms with Crippen LogP contribution in [-0.4, -0.2) is 48.9 Å². The third kappa shape index (κ3) is 6.10. The number of aromatic nitrogens is 5. The molecule has 5 rings (SSSR count). The van der Waals surface area contributed by atoms with Crippen molar-refractivity contribution in [2.24, 2.45) is 7.05 Å². The van der Waals surface area contributed by atoms with E-state index in [9.17, 15) is 9.59 Å². The summed E-state index contributed by atoms with van der Waals surface area (Å²) in [6.45, 7) is 3.78. The Kier molecular flexibility index (Phi) is 6.54. The van der Waals surface area contributed by atoms with Crippen LogP contribution in [0.2, 0.25) is 0 Å². The number of hydrogen-bond donors (Lipinski definition) is 2. The maximum absolute atomic E-state index is 12.8. The van der Waals surface area contributed by atoms with Gasteiger partial charge in [0.05, 0.1) is 12.3 Å². The van der Waals surface area contributed by atoms with Crippen LogP contribution in [0.3, 0.4) is 0 Å². The molecular formula is C25H25N7O5. The van der Waals surface area contributed by atoms with Crippen LogP contribution < -0.4 is 20.1 Å². The van der Waals surface area contributed by atoms with Crippen molar-refractivity contribution < 1.29 is 23.6 Å². The molecule has 0 radical (unpaired) electrons. The number of hydrogen-bond acceptors (Lipinski definition) is 9. The summed E-state index contributed by atoms with van der Waals surface area (Å²) >= 11 is 0. The predicted octanol–water partition coefficient (Wildman–Crippen LogP) is 3.59. The predicted molar refractivity (Wildman–Crippen MR) is 131 cm³/mol. The molecule has 3 aromatic heterocycles. The lowest BCUT2D eigenvalue weighted by molar-refractivity contribution is 0.0906. The van der Waals surface area contributed by atoms with E-state index in [4.69, 9.17) is 14.0 Å². The molecule has 12 nitrogen and oxygen atoms in total. The van der Waals surface area contributed by atoms with Crippen molar-refractivity contribution in [2.45, 2.75) is 38.8 Å². The number of aryl methyl sites for hydroxylation is 1. The van der Waals surface area contributed by atoms with E-state index in [1.807, 2.05) is 13.8 Å². The zero-order chi connectivity index (χ0) is 25.9. The summed E-state index contributed by atoms with van der Waals surface area (Å²) in [5.41, 5.74) is 0.751. The van der Waals surface area contributed by atoms with Crippen LogP contribution in [0.1, 0.15) is 47.7 Å². The van der Waals surface area contributed by atoms with E-state index in [2.05, 4.69) is 30.9 Å². The Balaban J connectivity index is 1.31. The van der Waals surface area contributed by atoms with E-state index in [0.717, 1.165) is 12.8 Å². The van der Waals surface area contributed by atoms with Crippen molar-refractivity contribution >= 4 is 17.6 Å². The van der Waals surface area contributed by atoms with Gasteiger partial charge in [-0.15, -0.1) is 0 Å². The molecule has 0 saturated heterocycles. The molecule has 1 saturated carbocycles. The number of amides is 2. The van der Waals surface area contributed by atoms with Gasteiger partial charge in [0.1, 0.15) is 22.9 Å². The first-order valence-corrected chi connectivity index (χ1v) is 11.7. The Morgan fingerprint density at radius 2 is 1.89 bits per heavy atom. The highest BCUT2D eigenvalue weighted by Crippen LogP contribution is 2.29. The SMILES string of the molecule is CC(C)Oc1cc(Oc2ccc(-c3noc(C(=O)NC4CC4)n3)nc2)cc(C(=O)Nc2ccn(C)n2)c1. The van der Waals surface area contributed by atoms with Gasteiger partial charge >= 0.3 is 11.8 Å². The maximum Gasteiger partial charge on any atom is 0.316 e. The Bertz CT molecular complexity index is 1420. The highest BCUT2D eigenvalue weighted by atomic mass is 16.5. The second-order valence-electron chi connectivity index (χ2n) is 8.84. The third-order valence-electron chi connectivity index (χ3n) is 5.20. The van der Waals surface area contributed by atoms with Crippen molar-refractivity contribution in [3.05, 3.63) is 60.2 Å². The minimum atomic E-state index is -0.396. The summed E-state index contributed by atoms with van der Waals surface area (Å²) in [6, 6.07) is 10.1. The normalized spacial score (nSPS) is 12.9. The fraction of sp³-hybridized carbons (Fsp3) is 0.280. The fourth-order valence-corrected chi connectivity index (χ4v) is 3.38. The molecule has 0 atom stereocenters. The molecule has 0 aliphatic heterocycles. The van der Waals surface area contributed by atoms with Gasteiger partial charge in [-0.1, -0.05) is 5.16 Å². The molecule has 0 spiro atoms. The number of nitrogens with zero attached hydrogens (tertiary/aromatic N) is 5. The summed E-state index contributed by atoms with van der Waals surface area (Å²) in [4.78, 5) is 33.4. The fourth-order valence-electron chi connectivity index (χ4n) is 3.38. The van der Waals surface area contributed by atoms with Gasteiger partial charge in [-0.3, -0.25) is 14.3 Å². The van der Waals surface area contributed by atoms with Gasteiger partial charge in [0.15, 0.2) is 5.82 Å². The van der Waals surface area contributed by atoms with Crippen LogP contribution in [0.25, 0.3) is 11.5 Å². The minimum Gasteiger partial charge on any atom is -0.491 e. The van der Waals surface area contributed by atoms with Crippen LogP contribution in [0.15, 0.2) is 53.3 Å². The number of ether oxygens (including phenoxy) is 2. The highest BCUT2D eigenvalue weighted by Gasteiger charge is 2.26. The van der Waals surface area contributed by atoms with E-state index < -0.39 is 5.91 Å². The number of benzene rings is 1. The summed E-state index contributed by atoms with van der Waals surface area (Å²) in [6.07, 6.45) is 5.03. The smallest absolute Gasteiger partial charge is 0.316 e. The minimum absolute atomic E-state index is 0.103. The van der Waals surface area contributed by atoms with Gasteiger partial charge in [-0.2, -0.15) is 10.1 Å². The zero-order valence-corrected chi connectivity index (χ0v) is 20.5. The molecule has 12 heteroatoms. The zero-order valence-electron chi connectivity index (χ0n) is 20.5. The van der Waals surface area contributed by atoms with E-state index in [0.29, 0.717) is 34.3 Å². The molecule has 190 valence electrons. The number of pyridine rings is 1. The van der Waals surface area contributed by atoms with Gasteiger partial charge in [0.2, 0.25) is 5.82 Å². The van der Waals surface area contributed by atoms with Gasteiger partial charge in [0, 0.05) is 37.0 Å². The van der Waals surface area contributed by atoms with Crippen LogP contribution in [0, 0.1) is 0 Å². The van der Waals surface area contributed by atoms with Gasteiger partial charge < -0.3 is 24.6 Å². The second-order valence-corrected chi connectivity index (χ2v) is 8.84. The first-order valence-electron chi connectivity index (χ1n) is 11.7. The van der Waals surface area contributed by atoms with Crippen molar-refractivity contribution in [2.75, 3.05) is 5.32 Å². The molecule has 2 N–H and O–H groups in total. The third-order valence-corrected chi connectivity index (χ3v) is 5.20. The van der Waals surface area contributed by atoms with Crippen LogP contribution in [0.5, 0.6) is 17.2 Å². The second kappa shape index (κ2) is 10.1. The Morgan fingerprint density at radius 1 is 1.08 bits per heavy atom. The number of carbonyl (C=O) groups excluding carboxylic acids is 2. The molecule has 1 aromatic carbocycles. The molecule has 0 unspecified atom stereocenters. The Labute approximate surface area is 212 Å². The van der Waals surface area contributed by atoms with Crippen LogP contribution in [0.4, 0.5) is 5.82 Å². The van der Waals surface area contributed by atoms with Crippen molar-refractivity contribution in [1.82, 2.24) is 30.2 Å². The molecular weight excluding hydrogens is 478 g/mol. The monoisotopic (exact) mass is 503 g/mol. The number of carbonyl (C=O) groups is 2. The molecule has 1 aliphatic rings. The molecule has 2 amide bonds. The molecule has 37 heavy (non-hydrogen) atoms. The van der Waals surface area contributed by atoms with E-state index >= 15 is 0 Å². The first kappa shape index (κ1) is 24.0. The van der Waals surface area contributed by atoms with E-state index in [1.54, 1.807) is 54.3 Å². The largest absolute Gasteiger partial charge is 0.491 e. The molecule has 1 fully saturated rings. The van der Waals surface area contributed by atoms with Crippen molar-refractivity contribution in [3.8, 4) is 28.8 Å². The number of nitrogens with one attached hydrogen (secondary N) is 2. The maximum atomic E-state index is 12.8. The first-order chi connectivity index (χ1) is 17.8. The summed E-state index contributed by atoms with van der Waals surface area (Å²) in [5.74, 6) is 1.04. The lowest BCUT2D eigenvalue weighted by atomic mass is 10.2. The average molecular weight is 504 g/mol. The van der Waals surface area contributed by atoms with Crippen LogP contribution >= 0.6 is 0 Å². The average Bonchev–Trinajstić information content (AvgIpc) is 3.35. The standard InChI is InChI=1S/C25H25N7O5/c1-14(2)35-18-10-15(23(33)28-21-8-9-32(3)30-21)11-19(12-18)36-17-6-7-20(26-13-17)22-29-25(37-31-22)24(34)27-16-4-5-16/h6-14,16H,4-5H2,1-3H3,(H,27,34)(H,28,30,33). The molecule has 3 heterocycles. The molecule has 0 bridgehead atoms. The summed E-state index contributed by atoms with van der Waals surface area (Å²) in [5, 5.41) is 13.6. The highest BCUT2D eigenvalue weighted by molar-refractivity contribution is 6.04. The summed E-state index contributed by atoms with van der Waals surface area (Å²) in [7, 11) is 1.77. The topological polar surface area (TPSA) is 146 Å². The van der Waals surface area contributed by atoms with Gasteiger partial charge in [-0.05, 0) is 51.0 Å². The van der Waals surface area contributed by atoms with Gasteiger partial charge in [-0.25, -0.2) is 4.98 Å². The number of rotatable bonds is 9. The van der Waals surface area contributed by atoms with Crippen molar-refractivity contribution in [3.63, 3.8) is 0 Å². The number of anilines is 1. The Hall–Kier alpha value is -4.74. The van der Waals surface area contributed by atoms with E-state index in [1.165, 1.54) is 6.20 Å². The quantitative estimate of drug-likeness (QED) is 0.350. The Morgan fingerprint density at radius 3 is 2.57 bits per heavy atom. The van der Waals surface area contributed by atoms with Gasteiger partial charge in [0.25, 0.3) is 5.91 Å². The van der Waals surface area contributed by atoms with Crippen molar-refractivity contribution in [1.29, 1.82) is 0 Å². The lowest BCUT2D eigenvalue weighted by Gasteiger charge is -2.14. The van der Waals surface area contributed by atoms with E-state index in [-0.39, 0.29) is 29.8 Å². The summed E-state index contributed by atoms with van der Waals surface area (Å²) < 4.78 is 18.4. The molecule has 1 aliphatic carbocycles. The molecule has 4 aromatic rings.